The number of pyridine rings is 1. The molecule has 0 saturated carbocycles. The van der Waals surface area contributed by atoms with Crippen molar-refractivity contribution in [1.82, 2.24) is 4.98 Å². The fourth-order valence-corrected chi connectivity index (χ4v) is 1.39. The molecule has 0 saturated heterocycles. The molecule has 17 heavy (non-hydrogen) atoms. The Hall–Kier alpha value is -1.50. The summed E-state index contributed by atoms with van der Waals surface area (Å²) >= 11 is 0. The van der Waals surface area contributed by atoms with Gasteiger partial charge in [-0.1, -0.05) is 18.2 Å². The van der Waals surface area contributed by atoms with Gasteiger partial charge in [-0.25, -0.2) is 0 Å². The first-order valence-corrected chi connectivity index (χ1v) is 6.19. The van der Waals surface area contributed by atoms with Gasteiger partial charge in [-0.15, -0.1) is 0 Å². The lowest BCUT2D eigenvalue weighted by atomic mass is 10.1. The molecule has 0 aliphatic carbocycles. The highest BCUT2D eigenvalue weighted by Gasteiger charge is 1.98. The van der Waals surface area contributed by atoms with Crippen LogP contribution >= 0.6 is 0 Å². The Morgan fingerprint density at radius 2 is 1.71 bits per heavy atom. The maximum absolute atomic E-state index is 8.74. The monoisotopic (exact) mass is 255 g/mol. The molecule has 0 spiro atoms. The summed E-state index contributed by atoms with van der Waals surface area (Å²) in [5.74, 6) is 0. The van der Waals surface area contributed by atoms with Crippen molar-refractivity contribution in [3.8, 4) is 0 Å². The van der Waals surface area contributed by atoms with Crippen molar-refractivity contribution < 1.29 is 17.5 Å². The van der Waals surface area contributed by atoms with E-state index in [4.69, 9.17) is 17.5 Å². The summed E-state index contributed by atoms with van der Waals surface area (Å²) in [5, 5.41) is 1.22. The van der Waals surface area contributed by atoms with Crippen LogP contribution in [0.3, 0.4) is 0 Å². The van der Waals surface area contributed by atoms with Gasteiger partial charge in [-0.2, -0.15) is 8.42 Å². The van der Waals surface area contributed by atoms with Crippen LogP contribution < -0.4 is 0 Å². The summed E-state index contributed by atoms with van der Waals surface area (Å²) in [6.45, 7) is 4.23. The fraction of sp³-hybridized carbons (Fsp3) is 0.182. The molecule has 0 radical (unpaired) electrons. The third-order valence-electron chi connectivity index (χ3n) is 2.30. The molecule has 0 aliphatic heterocycles. The molecule has 1 heterocycles. The number of hydrogen-bond acceptors (Lipinski definition) is 3. The van der Waals surface area contributed by atoms with Gasteiger partial charge in [0.1, 0.15) is 0 Å². The summed E-state index contributed by atoms with van der Waals surface area (Å²) in [5.41, 5.74) is 3.71. The zero-order chi connectivity index (χ0) is 13.1. The first-order valence-electron chi connectivity index (χ1n) is 4.80. The predicted molar refractivity (Wildman–Crippen MR) is 65.4 cm³/mol. The van der Waals surface area contributed by atoms with E-state index >= 15 is 0 Å². The quantitative estimate of drug-likeness (QED) is 0.704. The summed E-state index contributed by atoms with van der Waals surface area (Å²) in [7, 11) is -4.67. The van der Waals surface area contributed by atoms with Crippen molar-refractivity contribution >= 4 is 21.3 Å². The highest BCUT2D eigenvalue weighted by molar-refractivity contribution is 7.79. The Balaban J connectivity index is 0.000000249. The number of benzene rings is 1. The van der Waals surface area contributed by atoms with Crippen molar-refractivity contribution in [3.05, 3.63) is 41.6 Å². The third-order valence-corrected chi connectivity index (χ3v) is 2.30. The SMILES string of the molecule is Cc1ccc2cccnc2c1C.O=S(=O)(O)O. The standard InChI is InChI=1S/C11H11N.H2O4S/c1-8-5-6-10-4-3-7-12-11(10)9(8)2;1-5(2,3)4/h3-7H,1-2H3;(H2,1,2,3,4). The van der Waals surface area contributed by atoms with E-state index in [0.717, 1.165) is 5.52 Å². The molecule has 0 atom stereocenters. The van der Waals surface area contributed by atoms with E-state index < -0.39 is 10.4 Å². The van der Waals surface area contributed by atoms with E-state index in [-0.39, 0.29) is 0 Å². The van der Waals surface area contributed by atoms with Crippen LogP contribution in [0.4, 0.5) is 0 Å². The smallest absolute Gasteiger partial charge is 0.264 e. The lowest BCUT2D eigenvalue weighted by Crippen LogP contribution is -1.89. The van der Waals surface area contributed by atoms with E-state index in [9.17, 15) is 0 Å². The number of aromatic nitrogens is 1. The molecule has 92 valence electrons. The molecule has 0 fully saturated rings. The number of rotatable bonds is 0. The molecule has 2 N–H and O–H groups in total. The van der Waals surface area contributed by atoms with E-state index in [1.807, 2.05) is 12.3 Å². The van der Waals surface area contributed by atoms with Gasteiger partial charge in [-0.3, -0.25) is 14.1 Å². The molecule has 6 heteroatoms. The highest BCUT2D eigenvalue weighted by Crippen LogP contribution is 2.18. The summed E-state index contributed by atoms with van der Waals surface area (Å²) < 4.78 is 31.6. The van der Waals surface area contributed by atoms with Crippen molar-refractivity contribution in [2.75, 3.05) is 0 Å². The van der Waals surface area contributed by atoms with E-state index in [1.165, 1.54) is 16.5 Å². The second kappa shape index (κ2) is 5.22. The Bertz CT molecular complexity index is 614. The fourth-order valence-electron chi connectivity index (χ4n) is 1.39. The average molecular weight is 255 g/mol. The topological polar surface area (TPSA) is 87.5 Å². The first kappa shape index (κ1) is 13.6. The molecule has 1 aromatic carbocycles. The Morgan fingerprint density at radius 3 is 2.29 bits per heavy atom. The van der Waals surface area contributed by atoms with Crippen molar-refractivity contribution in [3.63, 3.8) is 0 Å². The average Bonchev–Trinajstić information content (AvgIpc) is 2.22. The van der Waals surface area contributed by atoms with Gasteiger partial charge in [0, 0.05) is 11.6 Å². The van der Waals surface area contributed by atoms with Gasteiger partial charge in [0.25, 0.3) is 0 Å². The van der Waals surface area contributed by atoms with Gasteiger partial charge >= 0.3 is 10.4 Å². The van der Waals surface area contributed by atoms with Crippen molar-refractivity contribution in [2.45, 2.75) is 13.8 Å². The number of fused-ring (bicyclic) bond motifs is 1. The van der Waals surface area contributed by atoms with E-state index in [1.54, 1.807) is 0 Å². The molecular formula is C11H13NO4S. The molecule has 2 aromatic rings. The molecule has 0 unspecified atom stereocenters. The van der Waals surface area contributed by atoms with Crippen LogP contribution in [0, 0.1) is 13.8 Å². The van der Waals surface area contributed by atoms with Gasteiger partial charge < -0.3 is 0 Å². The summed E-state index contributed by atoms with van der Waals surface area (Å²) in [6.07, 6.45) is 1.84. The minimum atomic E-state index is -4.67. The molecule has 0 bridgehead atoms. The zero-order valence-electron chi connectivity index (χ0n) is 9.45. The number of aryl methyl sites for hydroxylation is 2. The van der Waals surface area contributed by atoms with Crippen LogP contribution in [0.15, 0.2) is 30.5 Å². The minimum absolute atomic E-state index is 1.12. The Kier molecular flexibility index (Phi) is 4.17. The second-order valence-electron chi connectivity index (χ2n) is 3.53. The molecule has 2 rings (SSSR count). The van der Waals surface area contributed by atoms with Crippen LogP contribution in [0.25, 0.3) is 10.9 Å². The van der Waals surface area contributed by atoms with Crippen LogP contribution in [-0.4, -0.2) is 22.5 Å². The van der Waals surface area contributed by atoms with Crippen LogP contribution in [-0.2, 0) is 10.4 Å². The lowest BCUT2D eigenvalue weighted by molar-refractivity contribution is 0.381. The largest absolute Gasteiger partial charge is 0.394 e. The van der Waals surface area contributed by atoms with Gasteiger partial charge in [-0.05, 0) is 31.0 Å². The number of nitrogens with zero attached hydrogens (tertiary/aromatic N) is 1. The van der Waals surface area contributed by atoms with Crippen LogP contribution in [0.1, 0.15) is 11.1 Å². The van der Waals surface area contributed by atoms with Gasteiger partial charge in [0.2, 0.25) is 0 Å². The van der Waals surface area contributed by atoms with Crippen LogP contribution in [0.5, 0.6) is 0 Å². The molecular weight excluding hydrogens is 242 g/mol. The summed E-state index contributed by atoms with van der Waals surface area (Å²) in [6, 6.07) is 8.32. The summed E-state index contributed by atoms with van der Waals surface area (Å²) in [4.78, 5) is 4.34. The van der Waals surface area contributed by atoms with Crippen molar-refractivity contribution in [2.24, 2.45) is 0 Å². The Labute approximate surface area is 99.7 Å². The molecule has 0 aliphatic rings. The highest BCUT2D eigenvalue weighted by atomic mass is 32.3. The second-order valence-corrected chi connectivity index (χ2v) is 4.43. The predicted octanol–water partition coefficient (Wildman–Crippen LogP) is 2.20. The third kappa shape index (κ3) is 4.48. The first-order chi connectivity index (χ1) is 7.79. The maximum Gasteiger partial charge on any atom is 0.394 e. The lowest BCUT2D eigenvalue weighted by Gasteiger charge is -2.02. The van der Waals surface area contributed by atoms with E-state index in [0.29, 0.717) is 0 Å². The molecule has 0 amide bonds. The minimum Gasteiger partial charge on any atom is -0.264 e. The Morgan fingerprint density at radius 1 is 1.12 bits per heavy atom. The van der Waals surface area contributed by atoms with E-state index in [2.05, 4.69) is 37.0 Å². The van der Waals surface area contributed by atoms with Gasteiger partial charge in [0.05, 0.1) is 5.52 Å². The zero-order valence-corrected chi connectivity index (χ0v) is 10.3. The number of hydrogen-bond donors (Lipinski definition) is 2. The normalized spacial score (nSPS) is 10.8. The molecule has 1 aromatic heterocycles. The van der Waals surface area contributed by atoms with Crippen LogP contribution in [0.2, 0.25) is 0 Å². The van der Waals surface area contributed by atoms with Gasteiger partial charge in [0.15, 0.2) is 0 Å². The maximum atomic E-state index is 8.74. The van der Waals surface area contributed by atoms with Crippen molar-refractivity contribution in [1.29, 1.82) is 0 Å². The molecule has 5 nitrogen and oxygen atoms in total.